The standard InChI is InChI=1S/C14H19N3OS/c1-2-4-9(7-15)13(18)17-14-11(8-16)10-5-3-6-12(10)19-14/h9H,2-7,15H2,1H3,(H,17,18). The number of nitriles is 1. The zero-order valence-corrected chi connectivity index (χ0v) is 12.0. The molecular formula is C14H19N3OS. The van der Waals surface area contributed by atoms with Crippen molar-refractivity contribution in [3.63, 3.8) is 0 Å². The van der Waals surface area contributed by atoms with E-state index in [1.807, 2.05) is 6.92 Å². The Hall–Kier alpha value is -1.38. The van der Waals surface area contributed by atoms with Crippen LogP contribution in [0.3, 0.4) is 0 Å². The number of nitrogens with two attached hydrogens (primary N) is 1. The van der Waals surface area contributed by atoms with Crippen LogP contribution in [0.5, 0.6) is 0 Å². The van der Waals surface area contributed by atoms with E-state index in [9.17, 15) is 10.1 Å². The fourth-order valence-electron chi connectivity index (χ4n) is 2.53. The average Bonchev–Trinajstić information content (AvgIpc) is 2.95. The quantitative estimate of drug-likeness (QED) is 0.867. The summed E-state index contributed by atoms with van der Waals surface area (Å²) < 4.78 is 0. The van der Waals surface area contributed by atoms with Gasteiger partial charge in [-0.1, -0.05) is 13.3 Å². The third-order valence-electron chi connectivity index (χ3n) is 3.56. The molecule has 1 aliphatic carbocycles. The molecule has 0 saturated heterocycles. The lowest BCUT2D eigenvalue weighted by molar-refractivity contribution is -0.119. The largest absolute Gasteiger partial charge is 0.330 e. The van der Waals surface area contributed by atoms with Gasteiger partial charge >= 0.3 is 0 Å². The molecule has 0 radical (unpaired) electrons. The molecule has 1 atom stereocenters. The number of fused-ring (bicyclic) bond motifs is 1. The van der Waals surface area contributed by atoms with Crippen molar-refractivity contribution >= 4 is 22.2 Å². The Balaban J connectivity index is 2.16. The van der Waals surface area contributed by atoms with Gasteiger partial charge in [0.05, 0.1) is 11.5 Å². The number of hydrogen-bond donors (Lipinski definition) is 2. The molecule has 1 amide bonds. The van der Waals surface area contributed by atoms with Gasteiger partial charge in [0.1, 0.15) is 11.1 Å². The molecular weight excluding hydrogens is 258 g/mol. The number of nitrogens with zero attached hydrogens (tertiary/aromatic N) is 1. The van der Waals surface area contributed by atoms with E-state index >= 15 is 0 Å². The first kappa shape index (κ1) is 14.0. The number of rotatable bonds is 5. The van der Waals surface area contributed by atoms with Crippen molar-refractivity contribution in [1.29, 1.82) is 5.26 Å². The van der Waals surface area contributed by atoms with Gasteiger partial charge in [-0.15, -0.1) is 11.3 Å². The summed E-state index contributed by atoms with van der Waals surface area (Å²) in [6.45, 7) is 2.39. The van der Waals surface area contributed by atoms with Crippen LogP contribution in [0, 0.1) is 17.2 Å². The van der Waals surface area contributed by atoms with Crippen molar-refractivity contribution in [3.05, 3.63) is 16.0 Å². The Morgan fingerprint density at radius 2 is 2.37 bits per heavy atom. The molecule has 0 saturated carbocycles. The van der Waals surface area contributed by atoms with Crippen LogP contribution in [0.15, 0.2) is 0 Å². The van der Waals surface area contributed by atoms with Crippen molar-refractivity contribution in [2.24, 2.45) is 11.7 Å². The van der Waals surface area contributed by atoms with E-state index in [0.29, 0.717) is 17.1 Å². The minimum absolute atomic E-state index is 0.0548. The molecule has 1 heterocycles. The molecule has 2 rings (SSSR count). The lowest BCUT2D eigenvalue weighted by atomic mass is 10.0. The summed E-state index contributed by atoms with van der Waals surface area (Å²) in [6, 6.07) is 2.23. The van der Waals surface area contributed by atoms with Gasteiger partial charge in [-0.2, -0.15) is 5.26 Å². The van der Waals surface area contributed by atoms with Crippen molar-refractivity contribution in [2.45, 2.75) is 39.0 Å². The van der Waals surface area contributed by atoms with E-state index in [1.54, 1.807) is 11.3 Å². The maximum absolute atomic E-state index is 12.1. The number of carbonyl (C=O) groups is 1. The highest BCUT2D eigenvalue weighted by atomic mass is 32.1. The maximum atomic E-state index is 12.1. The first-order valence-electron chi connectivity index (χ1n) is 6.76. The first-order valence-corrected chi connectivity index (χ1v) is 7.58. The highest BCUT2D eigenvalue weighted by molar-refractivity contribution is 7.16. The van der Waals surface area contributed by atoms with Crippen molar-refractivity contribution in [3.8, 4) is 6.07 Å². The molecule has 3 N–H and O–H groups in total. The molecule has 0 bridgehead atoms. The molecule has 0 aliphatic heterocycles. The molecule has 0 fully saturated rings. The van der Waals surface area contributed by atoms with Crippen LogP contribution in [0.1, 0.15) is 42.2 Å². The average molecular weight is 277 g/mol. The molecule has 1 aliphatic rings. The summed E-state index contributed by atoms with van der Waals surface area (Å²) in [5, 5.41) is 12.9. The predicted molar refractivity (Wildman–Crippen MR) is 77.1 cm³/mol. The van der Waals surface area contributed by atoms with Gasteiger partial charge in [0.25, 0.3) is 0 Å². The number of thiophene rings is 1. The van der Waals surface area contributed by atoms with Crippen LogP contribution < -0.4 is 11.1 Å². The monoisotopic (exact) mass is 277 g/mol. The zero-order chi connectivity index (χ0) is 13.8. The second-order valence-electron chi connectivity index (χ2n) is 4.88. The van der Waals surface area contributed by atoms with Gasteiger partial charge in [0, 0.05) is 11.4 Å². The molecule has 19 heavy (non-hydrogen) atoms. The van der Waals surface area contributed by atoms with E-state index in [0.717, 1.165) is 37.7 Å². The van der Waals surface area contributed by atoms with Crippen LogP contribution in [0.2, 0.25) is 0 Å². The van der Waals surface area contributed by atoms with Gasteiger partial charge in [-0.3, -0.25) is 4.79 Å². The zero-order valence-electron chi connectivity index (χ0n) is 11.2. The predicted octanol–water partition coefficient (Wildman–Crippen LogP) is 2.42. The Morgan fingerprint density at radius 3 is 3.00 bits per heavy atom. The maximum Gasteiger partial charge on any atom is 0.229 e. The highest BCUT2D eigenvalue weighted by Crippen LogP contribution is 2.38. The van der Waals surface area contributed by atoms with Gasteiger partial charge in [-0.05, 0) is 31.2 Å². The summed E-state index contributed by atoms with van der Waals surface area (Å²) >= 11 is 1.55. The van der Waals surface area contributed by atoms with Crippen LogP contribution in [-0.2, 0) is 17.6 Å². The Kier molecular flexibility index (Phi) is 4.56. The van der Waals surface area contributed by atoms with Crippen LogP contribution in [-0.4, -0.2) is 12.5 Å². The molecule has 102 valence electrons. The van der Waals surface area contributed by atoms with Crippen molar-refractivity contribution in [2.75, 3.05) is 11.9 Å². The van der Waals surface area contributed by atoms with Crippen LogP contribution >= 0.6 is 11.3 Å². The number of nitrogens with one attached hydrogen (secondary N) is 1. The molecule has 0 spiro atoms. The number of aryl methyl sites for hydroxylation is 1. The van der Waals surface area contributed by atoms with Crippen LogP contribution in [0.4, 0.5) is 5.00 Å². The third kappa shape index (κ3) is 2.80. The van der Waals surface area contributed by atoms with Gasteiger partial charge in [0.2, 0.25) is 5.91 Å². The number of hydrogen-bond acceptors (Lipinski definition) is 4. The minimum atomic E-state index is -0.159. The molecule has 1 aromatic heterocycles. The summed E-state index contributed by atoms with van der Waals surface area (Å²) in [5.41, 5.74) is 7.44. The molecule has 1 unspecified atom stereocenters. The number of carbonyl (C=O) groups excluding carboxylic acids is 1. The summed E-state index contributed by atoms with van der Waals surface area (Å²) in [6.07, 6.45) is 4.82. The van der Waals surface area contributed by atoms with E-state index < -0.39 is 0 Å². The lowest BCUT2D eigenvalue weighted by Gasteiger charge is -2.13. The van der Waals surface area contributed by atoms with E-state index in [1.165, 1.54) is 4.88 Å². The van der Waals surface area contributed by atoms with Gasteiger partial charge < -0.3 is 11.1 Å². The van der Waals surface area contributed by atoms with Gasteiger partial charge in [0.15, 0.2) is 0 Å². The summed E-state index contributed by atoms with van der Waals surface area (Å²) in [7, 11) is 0. The number of anilines is 1. The van der Waals surface area contributed by atoms with Crippen molar-refractivity contribution in [1.82, 2.24) is 0 Å². The van der Waals surface area contributed by atoms with E-state index in [2.05, 4.69) is 11.4 Å². The lowest BCUT2D eigenvalue weighted by Crippen LogP contribution is -2.29. The fraction of sp³-hybridized carbons (Fsp3) is 0.571. The smallest absolute Gasteiger partial charge is 0.229 e. The van der Waals surface area contributed by atoms with Gasteiger partial charge in [-0.25, -0.2) is 0 Å². The first-order chi connectivity index (χ1) is 9.21. The molecule has 5 heteroatoms. The van der Waals surface area contributed by atoms with Crippen LogP contribution in [0.25, 0.3) is 0 Å². The molecule has 4 nitrogen and oxygen atoms in total. The Labute approximate surface area is 117 Å². The number of amides is 1. The minimum Gasteiger partial charge on any atom is -0.330 e. The molecule has 1 aromatic rings. The second kappa shape index (κ2) is 6.18. The van der Waals surface area contributed by atoms with E-state index in [4.69, 9.17) is 5.73 Å². The topological polar surface area (TPSA) is 78.9 Å². The highest BCUT2D eigenvalue weighted by Gasteiger charge is 2.24. The summed E-state index contributed by atoms with van der Waals surface area (Å²) in [5.74, 6) is -0.214. The summed E-state index contributed by atoms with van der Waals surface area (Å²) in [4.78, 5) is 13.4. The third-order valence-corrected chi connectivity index (χ3v) is 4.77. The van der Waals surface area contributed by atoms with E-state index in [-0.39, 0.29) is 11.8 Å². The Bertz CT molecular complexity index is 515. The fourth-order valence-corrected chi connectivity index (χ4v) is 3.77. The SMILES string of the molecule is CCCC(CN)C(=O)Nc1sc2c(c1C#N)CCC2. The normalized spacial score (nSPS) is 14.8. The molecule has 0 aromatic carbocycles. The Morgan fingerprint density at radius 1 is 1.58 bits per heavy atom. The van der Waals surface area contributed by atoms with Crippen molar-refractivity contribution < 1.29 is 4.79 Å². The second-order valence-corrected chi connectivity index (χ2v) is 5.99.